The van der Waals surface area contributed by atoms with Gasteiger partial charge in [-0.15, -0.1) is 5.10 Å². The molecule has 0 aliphatic carbocycles. The molecule has 2 aromatic rings. The Morgan fingerprint density at radius 2 is 1.95 bits per heavy atom. The van der Waals surface area contributed by atoms with Gasteiger partial charge >= 0.3 is 0 Å². The number of hydrogen-bond acceptors (Lipinski definition) is 4. The lowest BCUT2D eigenvalue weighted by molar-refractivity contribution is 0.104. The topological polar surface area (TPSA) is 42.9 Å². The molecule has 3 nitrogen and oxygen atoms in total. The molecule has 1 heterocycles. The van der Waals surface area contributed by atoms with Gasteiger partial charge in [0.1, 0.15) is 4.88 Å². The van der Waals surface area contributed by atoms with Crippen LogP contribution in [0.4, 0.5) is 0 Å². The number of rotatable bonds is 2. The van der Waals surface area contributed by atoms with Crippen LogP contribution in [0.3, 0.4) is 0 Å². The van der Waals surface area contributed by atoms with Gasteiger partial charge < -0.3 is 0 Å². The molecule has 0 atom stereocenters. The van der Waals surface area contributed by atoms with Crippen LogP contribution in [0.1, 0.15) is 41.7 Å². The summed E-state index contributed by atoms with van der Waals surface area (Å²) in [4.78, 5) is 13.0. The van der Waals surface area contributed by atoms with Crippen LogP contribution in [0.2, 0.25) is 10.0 Å². The van der Waals surface area contributed by atoms with Crippen molar-refractivity contribution in [3.63, 3.8) is 0 Å². The highest BCUT2D eigenvalue weighted by Gasteiger charge is 2.28. The molecule has 1 aromatic heterocycles. The van der Waals surface area contributed by atoms with Crippen molar-refractivity contribution in [2.75, 3.05) is 0 Å². The molecule has 0 N–H and O–H groups in total. The number of carbonyl (C=O) groups is 1. The Hall–Kier alpha value is -0.970. The Balaban J connectivity index is 2.52. The Morgan fingerprint density at radius 3 is 2.58 bits per heavy atom. The zero-order valence-corrected chi connectivity index (χ0v) is 13.0. The molecule has 0 aliphatic heterocycles. The van der Waals surface area contributed by atoms with Crippen LogP contribution >= 0.6 is 34.7 Å². The average molecular weight is 315 g/mol. The van der Waals surface area contributed by atoms with E-state index in [9.17, 15) is 4.79 Å². The number of nitrogens with zero attached hydrogens (tertiary/aromatic N) is 2. The minimum absolute atomic E-state index is 0.188. The van der Waals surface area contributed by atoms with E-state index in [2.05, 4.69) is 9.59 Å². The zero-order chi connectivity index (χ0) is 14.2. The second-order valence-corrected chi connectivity index (χ2v) is 6.67. The van der Waals surface area contributed by atoms with Gasteiger partial charge in [0, 0.05) is 11.0 Å². The molecule has 0 fully saturated rings. The summed E-state index contributed by atoms with van der Waals surface area (Å²) in [6, 6.07) is 5.01. The van der Waals surface area contributed by atoms with E-state index in [0.29, 0.717) is 21.2 Å². The highest BCUT2D eigenvalue weighted by Crippen LogP contribution is 2.31. The second-order valence-electron chi connectivity index (χ2n) is 5.13. The van der Waals surface area contributed by atoms with Crippen LogP contribution in [-0.2, 0) is 5.41 Å². The highest BCUT2D eigenvalue weighted by molar-refractivity contribution is 7.08. The van der Waals surface area contributed by atoms with E-state index < -0.39 is 0 Å². The quantitative estimate of drug-likeness (QED) is 0.773. The van der Waals surface area contributed by atoms with E-state index in [4.69, 9.17) is 23.2 Å². The maximum Gasteiger partial charge on any atom is 0.208 e. The molecule has 2 rings (SSSR count). The van der Waals surface area contributed by atoms with Crippen molar-refractivity contribution in [2.45, 2.75) is 26.2 Å². The summed E-state index contributed by atoms with van der Waals surface area (Å²) < 4.78 is 3.88. The fraction of sp³-hybridized carbons (Fsp3) is 0.308. The first-order valence-electron chi connectivity index (χ1n) is 5.64. The molecule has 0 radical (unpaired) electrons. The monoisotopic (exact) mass is 314 g/mol. The van der Waals surface area contributed by atoms with Gasteiger partial charge in [-0.25, -0.2) is 0 Å². The van der Waals surface area contributed by atoms with Crippen molar-refractivity contribution in [3.05, 3.63) is 44.4 Å². The van der Waals surface area contributed by atoms with Crippen molar-refractivity contribution >= 4 is 40.5 Å². The van der Waals surface area contributed by atoms with Crippen molar-refractivity contribution < 1.29 is 4.79 Å². The van der Waals surface area contributed by atoms with Crippen LogP contribution in [0.5, 0.6) is 0 Å². The number of hydrogen-bond donors (Lipinski definition) is 0. The Labute approximate surface area is 125 Å². The normalized spacial score (nSPS) is 11.6. The molecular weight excluding hydrogens is 303 g/mol. The minimum Gasteiger partial charge on any atom is -0.288 e. The predicted molar refractivity (Wildman–Crippen MR) is 78.5 cm³/mol. The summed E-state index contributed by atoms with van der Waals surface area (Å²) in [6.07, 6.45) is 0. The zero-order valence-electron chi connectivity index (χ0n) is 10.7. The molecular formula is C13H12Cl2N2OS. The van der Waals surface area contributed by atoms with E-state index in [1.165, 1.54) is 0 Å². The Morgan fingerprint density at radius 1 is 1.26 bits per heavy atom. The summed E-state index contributed by atoms with van der Waals surface area (Å²) in [5.41, 5.74) is 0.813. The van der Waals surface area contributed by atoms with Gasteiger partial charge in [-0.2, -0.15) is 0 Å². The standard InChI is InChI=1S/C13H12Cl2N2OS/c1-13(2,3)12-11(19-17-16-12)10(18)7-5-4-6-8(14)9(7)15/h4-6H,1-3H3. The third-order valence-electron chi connectivity index (χ3n) is 2.60. The SMILES string of the molecule is CC(C)(C)c1nnsc1C(=O)c1cccc(Cl)c1Cl. The fourth-order valence-electron chi connectivity index (χ4n) is 1.63. The fourth-order valence-corrected chi connectivity index (χ4v) is 2.85. The van der Waals surface area contributed by atoms with E-state index in [1.807, 2.05) is 20.8 Å². The number of halogens is 2. The molecule has 19 heavy (non-hydrogen) atoms. The second kappa shape index (κ2) is 5.19. The molecule has 0 aliphatic rings. The maximum atomic E-state index is 12.5. The highest BCUT2D eigenvalue weighted by atomic mass is 35.5. The minimum atomic E-state index is -0.247. The average Bonchev–Trinajstić information content (AvgIpc) is 2.80. The van der Waals surface area contributed by atoms with E-state index >= 15 is 0 Å². The van der Waals surface area contributed by atoms with Gasteiger partial charge in [0.15, 0.2) is 0 Å². The number of aromatic nitrogens is 2. The number of carbonyl (C=O) groups excluding carboxylic acids is 1. The molecule has 0 unspecified atom stereocenters. The molecule has 0 bridgehead atoms. The third-order valence-corrected chi connectivity index (χ3v) is 4.14. The first-order chi connectivity index (χ1) is 8.82. The van der Waals surface area contributed by atoms with Crippen molar-refractivity contribution in [3.8, 4) is 0 Å². The summed E-state index contributed by atoms with van der Waals surface area (Å²) in [5.74, 6) is -0.188. The third kappa shape index (κ3) is 2.81. The van der Waals surface area contributed by atoms with Gasteiger partial charge in [0.05, 0.1) is 15.7 Å². The molecule has 1 aromatic carbocycles. The first-order valence-corrected chi connectivity index (χ1v) is 7.17. The predicted octanol–water partition coefficient (Wildman–Crippen LogP) is 4.37. The lowest BCUT2D eigenvalue weighted by Gasteiger charge is -2.16. The summed E-state index contributed by atoms with van der Waals surface area (Å²) >= 11 is 13.1. The van der Waals surface area contributed by atoms with Crippen molar-refractivity contribution in [1.29, 1.82) is 0 Å². The van der Waals surface area contributed by atoms with Crippen LogP contribution in [0.15, 0.2) is 18.2 Å². The van der Waals surface area contributed by atoms with Crippen LogP contribution < -0.4 is 0 Å². The summed E-state index contributed by atoms with van der Waals surface area (Å²) in [6.45, 7) is 5.96. The largest absolute Gasteiger partial charge is 0.288 e. The maximum absolute atomic E-state index is 12.5. The van der Waals surface area contributed by atoms with Gasteiger partial charge in [0.2, 0.25) is 5.78 Å². The molecule has 0 saturated carbocycles. The van der Waals surface area contributed by atoms with Crippen LogP contribution in [0.25, 0.3) is 0 Å². The summed E-state index contributed by atoms with van der Waals surface area (Å²) in [7, 11) is 0. The van der Waals surface area contributed by atoms with E-state index in [-0.39, 0.29) is 16.2 Å². The van der Waals surface area contributed by atoms with Crippen LogP contribution in [-0.4, -0.2) is 15.4 Å². The Bertz CT molecular complexity index is 632. The van der Waals surface area contributed by atoms with E-state index in [1.54, 1.807) is 18.2 Å². The molecule has 100 valence electrons. The van der Waals surface area contributed by atoms with Gasteiger partial charge in [0.25, 0.3) is 0 Å². The lowest BCUT2D eigenvalue weighted by atomic mass is 9.90. The first kappa shape index (κ1) is 14.4. The lowest BCUT2D eigenvalue weighted by Crippen LogP contribution is -2.16. The van der Waals surface area contributed by atoms with Gasteiger partial charge in [-0.3, -0.25) is 4.79 Å². The smallest absolute Gasteiger partial charge is 0.208 e. The number of benzene rings is 1. The van der Waals surface area contributed by atoms with Gasteiger partial charge in [-0.1, -0.05) is 54.5 Å². The van der Waals surface area contributed by atoms with Gasteiger partial charge in [-0.05, 0) is 23.7 Å². The Kier molecular flexibility index (Phi) is 3.95. The molecule has 0 amide bonds. The van der Waals surface area contributed by atoms with Crippen molar-refractivity contribution in [2.24, 2.45) is 0 Å². The summed E-state index contributed by atoms with van der Waals surface area (Å²) in [5, 5.41) is 4.69. The molecule has 0 saturated heterocycles. The molecule has 0 spiro atoms. The molecule has 6 heteroatoms. The van der Waals surface area contributed by atoms with Crippen molar-refractivity contribution in [1.82, 2.24) is 9.59 Å². The number of ketones is 1. The van der Waals surface area contributed by atoms with Crippen LogP contribution in [0, 0.1) is 0 Å². The van der Waals surface area contributed by atoms with E-state index in [0.717, 1.165) is 11.5 Å².